The van der Waals surface area contributed by atoms with E-state index in [2.05, 4.69) is 10.3 Å². The van der Waals surface area contributed by atoms with Crippen molar-refractivity contribution in [3.8, 4) is 0 Å². The molecule has 0 aliphatic carbocycles. The predicted molar refractivity (Wildman–Crippen MR) is 72.8 cm³/mol. The fourth-order valence-electron chi connectivity index (χ4n) is 1.35. The molecule has 21 heavy (non-hydrogen) atoms. The van der Waals surface area contributed by atoms with Crippen molar-refractivity contribution in [2.24, 2.45) is 0 Å². The second kappa shape index (κ2) is 10.3. The highest BCUT2D eigenvalue weighted by Crippen LogP contribution is 2.04. The highest BCUT2D eigenvalue weighted by Gasteiger charge is 2.29. The molecular formula is C12H22N2O7. The first-order valence-electron chi connectivity index (χ1n) is 6.18. The average molecular weight is 306 g/mol. The van der Waals surface area contributed by atoms with Crippen molar-refractivity contribution in [2.45, 2.75) is 24.4 Å². The van der Waals surface area contributed by atoms with Crippen LogP contribution in [-0.4, -0.2) is 86.2 Å². The van der Waals surface area contributed by atoms with Gasteiger partial charge in [0.05, 0.1) is 18.3 Å². The molecule has 0 aromatic carbocycles. The molecule has 122 valence electrons. The molecule has 0 amide bonds. The first kappa shape index (κ1) is 19.5. The zero-order valence-corrected chi connectivity index (χ0v) is 11.5. The van der Waals surface area contributed by atoms with Crippen molar-refractivity contribution in [3.63, 3.8) is 0 Å². The van der Waals surface area contributed by atoms with E-state index in [1.807, 2.05) is 0 Å². The fraction of sp³-hybridized carbons (Fsp3) is 0.583. The van der Waals surface area contributed by atoms with Crippen molar-refractivity contribution in [2.75, 3.05) is 20.2 Å². The Labute approximate surface area is 121 Å². The van der Waals surface area contributed by atoms with Crippen LogP contribution in [-0.2, 0) is 0 Å². The smallest absolute Gasteiger partial charge is 0.337 e. The number of aromatic amines is 1. The van der Waals surface area contributed by atoms with E-state index in [0.717, 1.165) is 0 Å². The Morgan fingerprint density at radius 3 is 2.14 bits per heavy atom. The molecule has 0 fully saturated rings. The highest BCUT2D eigenvalue weighted by molar-refractivity contribution is 5.87. The van der Waals surface area contributed by atoms with E-state index >= 15 is 0 Å². The number of aromatic nitrogens is 1. The van der Waals surface area contributed by atoms with Crippen molar-refractivity contribution < 1.29 is 35.4 Å². The average Bonchev–Trinajstić information content (AvgIpc) is 3.00. The largest absolute Gasteiger partial charge is 0.478 e. The van der Waals surface area contributed by atoms with E-state index in [0.29, 0.717) is 5.56 Å². The zero-order chi connectivity index (χ0) is 16.4. The maximum absolute atomic E-state index is 10.0. The number of likely N-dealkylation sites (N-methyl/N-ethyl adjacent to an activating group) is 1. The van der Waals surface area contributed by atoms with E-state index in [9.17, 15) is 9.90 Å². The second-order valence-electron chi connectivity index (χ2n) is 4.26. The van der Waals surface area contributed by atoms with E-state index < -0.39 is 37.0 Å². The molecule has 9 heteroatoms. The molecule has 0 bridgehead atoms. The molecule has 0 radical (unpaired) electrons. The minimum Gasteiger partial charge on any atom is -0.478 e. The second-order valence-corrected chi connectivity index (χ2v) is 4.26. The van der Waals surface area contributed by atoms with Gasteiger partial charge in [0.15, 0.2) is 0 Å². The summed E-state index contributed by atoms with van der Waals surface area (Å²) >= 11 is 0. The number of aromatic carboxylic acids is 1. The molecule has 1 aromatic rings. The lowest BCUT2D eigenvalue weighted by Crippen LogP contribution is -2.48. The van der Waals surface area contributed by atoms with Gasteiger partial charge in [-0.3, -0.25) is 0 Å². The van der Waals surface area contributed by atoms with Gasteiger partial charge in [-0.25, -0.2) is 4.79 Å². The molecule has 0 spiro atoms. The minimum atomic E-state index is -1.55. The van der Waals surface area contributed by atoms with Gasteiger partial charge in [0.1, 0.15) is 18.3 Å². The highest BCUT2D eigenvalue weighted by atomic mass is 16.4. The van der Waals surface area contributed by atoms with Crippen LogP contribution < -0.4 is 5.32 Å². The van der Waals surface area contributed by atoms with E-state index in [1.165, 1.54) is 12.3 Å². The lowest BCUT2D eigenvalue weighted by atomic mass is 10.0. The Balaban J connectivity index is 0.000000423. The SMILES string of the molecule is CNC[C@H](O)[C@@H](O)[C@H](O)[C@H](O)CO.O=C(O)c1cc[nH]c1. The number of hydrogen-bond donors (Lipinski definition) is 8. The van der Waals surface area contributed by atoms with Gasteiger partial charge in [-0.05, 0) is 13.1 Å². The van der Waals surface area contributed by atoms with Crippen molar-refractivity contribution in [1.29, 1.82) is 0 Å². The van der Waals surface area contributed by atoms with Crippen LogP contribution in [0.4, 0.5) is 0 Å². The van der Waals surface area contributed by atoms with Crippen LogP contribution in [0.15, 0.2) is 18.5 Å². The summed E-state index contributed by atoms with van der Waals surface area (Å²) in [5, 5.41) is 55.7. The molecule has 0 aliphatic rings. The van der Waals surface area contributed by atoms with Crippen LogP contribution in [0, 0.1) is 0 Å². The molecule has 9 nitrogen and oxygen atoms in total. The van der Waals surface area contributed by atoms with Crippen LogP contribution in [0.2, 0.25) is 0 Å². The molecule has 0 saturated carbocycles. The number of carboxylic acids is 1. The van der Waals surface area contributed by atoms with Gasteiger partial charge in [-0.2, -0.15) is 0 Å². The molecule has 4 atom stereocenters. The number of nitrogens with one attached hydrogen (secondary N) is 2. The number of H-pyrrole nitrogens is 1. The third-order valence-electron chi connectivity index (χ3n) is 2.58. The van der Waals surface area contributed by atoms with Gasteiger partial charge in [-0.15, -0.1) is 0 Å². The maximum atomic E-state index is 10.0. The maximum Gasteiger partial charge on any atom is 0.337 e. The number of carboxylic acid groups (broad SMARTS) is 1. The molecule has 0 unspecified atom stereocenters. The number of rotatable bonds is 7. The Hall–Kier alpha value is -1.49. The zero-order valence-electron chi connectivity index (χ0n) is 11.5. The molecule has 1 heterocycles. The lowest BCUT2D eigenvalue weighted by Gasteiger charge is -2.25. The summed E-state index contributed by atoms with van der Waals surface area (Å²) in [5.41, 5.74) is 0.296. The van der Waals surface area contributed by atoms with Gasteiger partial charge < -0.3 is 40.9 Å². The monoisotopic (exact) mass is 306 g/mol. The third kappa shape index (κ3) is 7.18. The van der Waals surface area contributed by atoms with Crippen molar-refractivity contribution in [1.82, 2.24) is 10.3 Å². The predicted octanol–water partition coefficient (Wildman–Crippen LogP) is -2.65. The molecule has 1 rings (SSSR count). The van der Waals surface area contributed by atoms with Gasteiger partial charge in [0.25, 0.3) is 0 Å². The topological polar surface area (TPSA) is 166 Å². The summed E-state index contributed by atoms with van der Waals surface area (Å²) in [5.74, 6) is -0.897. The molecule has 8 N–H and O–H groups in total. The standard InChI is InChI=1S/C7H17NO5.C5H5NO2/c1-8-2-4(10)6(12)7(13)5(11)3-9;7-5(8)4-1-2-6-3-4/h4-13H,2-3H2,1H3;1-3,6H,(H,7,8)/t4-,5+,6+,7+;/m0./s1. The van der Waals surface area contributed by atoms with Crippen molar-refractivity contribution >= 4 is 5.97 Å². The molecule has 0 aliphatic heterocycles. The van der Waals surface area contributed by atoms with Crippen LogP contribution in [0.1, 0.15) is 10.4 Å². The van der Waals surface area contributed by atoms with Gasteiger partial charge in [0, 0.05) is 18.9 Å². The van der Waals surface area contributed by atoms with Gasteiger partial charge >= 0.3 is 5.97 Å². The fourth-order valence-corrected chi connectivity index (χ4v) is 1.35. The van der Waals surface area contributed by atoms with E-state index in [4.69, 9.17) is 25.5 Å². The van der Waals surface area contributed by atoms with Crippen molar-refractivity contribution in [3.05, 3.63) is 24.0 Å². The number of aliphatic hydroxyl groups is 5. The summed E-state index contributed by atoms with van der Waals surface area (Å²) in [4.78, 5) is 12.7. The Bertz CT molecular complexity index is 385. The molecule has 1 aromatic heterocycles. The minimum absolute atomic E-state index is 0.0936. The van der Waals surface area contributed by atoms with Crippen LogP contribution >= 0.6 is 0 Å². The normalized spacial score (nSPS) is 16.3. The number of hydrogen-bond acceptors (Lipinski definition) is 7. The summed E-state index contributed by atoms with van der Waals surface area (Å²) in [6.45, 7) is -0.569. The quantitative estimate of drug-likeness (QED) is 0.270. The molecule has 0 saturated heterocycles. The summed E-state index contributed by atoms with van der Waals surface area (Å²) in [6.07, 6.45) is -2.64. The molecular weight excluding hydrogens is 284 g/mol. The van der Waals surface area contributed by atoms with Crippen LogP contribution in [0.5, 0.6) is 0 Å². The Morgan fingerprint density at radius 2 is 1.81 bits per heavy atom. The number of carbonyl (C=O) groups is 1. The summed E-state index contributed by atoms with van der Waals surface area (Å²) in [7, 11) is 1.57. The van der Waals surface area contributed by atoms with Gasteiger partial charge in [0.2, 0.25) is 0 Å². The Morgan fingerprint density at radius 1 is 1.24 bits per heavy atom. The summed E-state index contributed by atoms with van der Waals surface area (Å²) < 4.78 is 0. The van der Waals surface area contributed by atoms with E-state index in [-0.39, 0.29) is 6.54 Å². The van der Waals surface area contributed by atoms with E-state index in [1.54, 1.807) is 13.2 Å². The first-order chi connectivity index (χ1) is 9.84. The van der Waals surface area contributed by atoms with Crippen LogP contribution in [0.3, 0.4) is 0 Å². The lowest BCUT2D eigenvalue weighted by molar-refractivity contribution is -0.113. The number of aliphatic hydroxyl groups excluding tert-OH is 5. The first-order valence-corrected chi connectivity index (χ1v) is 6.18. The van der Waals surface area contributed by atoms with Gasteiger partial charge in [-0.1, -0.05) is 0 Å². The summed E-state index contributed by atoms with van der Waals surface area (Å²) in [6, 6.07) is 1.50. The van der Waals surface area contributed by atoms with Crippen LogP contribution in [0.25, 0.3) is 0 Å². The Kier molecular flexibility index (Phi) is 9.54. The third-order valence-corrected chi connectivity index (χ3v) is 2.58.